The number of hydrogen-bond donors (Lipinski definition) is 3. The molecule has 1 aromatic carbocycles. The summed E-state index contributed by atoms with van der Waals surface area (Å²) in [6.07, 6.45) is 4.72. The first kappa shape index (κ1) is 30.5. The fourth-order valence-electron chi connectivity index (χ4n) is 2.20. The first-order valence-corrected chi connectivity index (χ1v) is 11.3. The second-order valence-corrected chi connectivity index (χ2v) is 6.15. The first-order chi connectivity index (χ1) is 16.3. The van der Waals surface area contributed by atoms with E-state index >= 15 is 0 Å². The minimum absolute atomic E-state index is 0.0272. The van der Waals surface area contributed by atoms with Crippen LogP contribution >= 0.6 is 11.6 Å². The normalized spacial score (nSPS) is 9.12. The third kappa shape index (κ3) is 9.58. The summed E-state index contributed by atoms with van der Waals surface area (Å²) in [5, 5.41) is 12.7. The fraction of sp³-hybridized carbons (Fsp3) is 0.292. The van der Waals surface area contributed by atoms with E-state index < -0.39 is 11.6 Å². The molecule has 0 fully saturated rings. The number of hydrogen-bond acceptors (Lipinski definition) is 6. The molecule has 0 saturated heterocycles. The van der Waals surface area contributed by atoms with Crippen LogP contribution in [-0.2, 0) is 7.05 Å². The van der Waals surface area contributed by atoms with Crippen molar-refractivity contribution in [1.82, 2.24) is 19.7 Å². The van der Waals surface area contributed by atoms with Crippen LogP contribution in [0.15, 0.2) is 61.5 Å². The van der Waals surface area contributed by atoms with Crippen molar-refractivity contribution >= 4 is 40.4 Å². The van der Waals surface area contributed by atoms with E-state index in [2.05, 4.69) is 44.2 Å². The Labute approximate surface area is 206 Å². The molecular weight excluding hydrogens is 460 g/mol. The summed E-state index contributed by atoms with van der Waals surface area (Å²) in [7, 11) is 1.78. The minimum Gasteiger partial charge on any atom is -0.354 e. The summed E-state index contributed by atoms with van der Waals surface area (Å²) in [6.45, 7) is 18.6. The number of allylic oxidation sites excluding steroid dienone is 1. The molecule has 0 aliphatic heterocycles. The fourth-order valence-corrected chi connectivity index (χ4v) is 2.34. The maximum atomic E-state index is 14.2. The van der Waals surface area contributed by atoms with Gasteiger partial charge in [0.25, 0.3) is 0 Å². The van der Waals surface area contributed by atoms with Gasteiger partial charge in [-0.25, -0.2) is 13.8 Å². The van der Waals surface area contributed by atoms with Crippen LogP contribution in [0.2, 0.25) is 5.02 Å². The van der Waals surface area contributed by atoms with E-state index in [1.807, 2.05) is 41.5 Å². The van der Waals surface area contributed by atoms with Crippen molar-refractivity contribution in [2.24, 2.45) is 7.05 Å². The smallest absolute Gasteiger partial charge is 0.229 e. The standard InChI is InChI=1S/C18H16ClF2N7.3C2H6/c1-10(20)11(2)24-12-4-5-15(21)16(6-12)26-17-14(19)8-22-18(27-17)25-13-7-23-28(3)9-13;3*1-2/h4-9,24H,1-2H2,3H3,(H2,22,25,26,27);3*1-2H3. The number of nitrogens with zero attached hydrogens (tertiary/aromatic N) is 4. The van der Waals surface area contributed by atoms with Crippen LogP contribution in [0.4, 0.5) is 37.6 Å². The van der Waals surface area contributed by atoms with E-state index in [9.17, 15) is 8.78 Å². The van der Waals surface area contributed by atoms with Crippen LogP contribution in [0.1, 0.15) is 41.5 Å². The Kier molecular flexibility index (Phi) is 14.6. The summed E-state index contributed by atoms with van der Waals surface area (Å²) in [5.74, 6) is -0.833. The molecule has 0 bridgehead atoms. The van der Waals surface area contributed by atoms with Gasteiger partial charge in [0.1, 0.15) is 16.7 Å². The molecule has 0 aliphatic carbocycles. The lowest BCUT2D eigenvalue weighted by molar-refractivity contribution is 0.632. The predicted octanol–water partition coefficient (Wildman–Crippen LogP) is 7.98. The van der Waals surface area contributed by atoms with Crippen LogP contribution in [0.3, 0.4) is 0 Å². The molecule has 0 saturated carbocycles. The number of aromatic nitrogens is 4. The summed E-state index contributed by atoms with van der Waals surface area (Å²) in [5.41, 5.74) is 1.14. The second-order valence-electron chi connectivity index (χ2n) is 5.75. The van der Waals surface area contributed by atoms with Crippen molar-refractivity contribution in [3.63, 3.8) is 0 Å². The quantitative estimate of drug-likeness (QED) is 0.289. The monoisotopic (exact) mass is 493 g/mol. The van der Waals surface area contributed by atoms with Gasteiger partial charge in [-0.3, -0.25) is 4.68 Å². The van der Waals surface area contributed by atoms with Crippen LogP contribution in [0.25, 0.3) is 0 Å². The SMILES string of the molecule is C=C(F)C(=C)Nc1ccc(F)c(Nc2nc(Nc3cnn(C)c3)ncc2Cl)c1.CC.CC.CC. The van der Waals surface area contributed by atoms with E-state index in [0.29, 0.717) is 11.4 Å². The first-order valence-electron chi connectivity index (χ1n) is 11.0. The largest absolute Gasteiger partial charge is 0.354 e. The molecule has 186 valence electrons. The van der Waals surface area contributed by atoms with Crippen molar-refractivity contribution in [1.29, 1.82) is 0 Å². The zero-order chi connectivity index (χ0) is 26.3. The van der Waals surface area contributed by atoms with Gasteiger partial charge in [0.05, 0.1) is 29.5 Å². The summed E-state index contributed by atoms with van der Waals surface area (Å²) >= 11 is 6.13. The molecule has 0 atom stereocenters. The van der Waals surface area contributed by atoms with Crippen molar-refractivity contribution in [2.75, 3.05) is 16.0 Å². The van der Waals surface area contributed by atoms with Crippen molar-refractivity contribution in [3.8, 4) is 0 Å². The molecule has 34 heavy (non-hydrogen) atoms. The molecule has 3 N–H and O–H groups in total. The lowest BCUT2D eigenvalue weighted by Gasteiger charge is -2.13. The van der Waals surface area contributed by atoms with Gasteiger partial charge in [0.2, 0.25) is 5.95 Å². The Hall–Kier alpha value is -3.46. The zero-order valence-electron chi connectivity index (χ0n) is 20.8. The summed E-state index contributed by atoms with van der Waals surface area (Å²) < 4.78 is 28.9. The van der Waals surface area contributed by atoms with Crippen LogP contribution in [0, 0.1) is 5.82 Å². The maximum absolute atomic E-state index is 14.2. The van der Waals surface area contributed by atoms with Crippen molar-refractivity contribution in [3.05, 3.63) is 72.3 Å². The molecule has 2 heterocycles. The van der Waals surface area contributed by atoms with Gasteiger partial charge in [0.15, 0.2) is 5.82 Å². The molecule has 0 spiro atoms. The van der Waals surface area contributed by atoms with Gasteiger partial charge in [0, 0.05) is 18.9 Å². The Morgan fingerprint density at radius 3 is 2.21 bits per heavy atom. The number of rotatable bonds is 7. The van der Waals surface area contributed by atoms with E-state index in [0.717, 1.165) is 0 Å². The number of halogens is 3. The molecule has 3 aromatic rings. The predicted molar refractivity (Wildman–Crippen MR) is 140 cm³/mol. The Morgan fingerprint density at radius 2 is 1.65 bits per heavy atom. The van der Waals surface area contributed by atoms with Gasteiger partial charge in [-0.2, -0.15) is 10.1 Å². The molecular formula is C24H34ClF2N7. The highest BCUT2D eigenvalue weighted by molar-refractivity contribution is 6.32. The van der Waals surface area contributed by atoms with Gasteiger partial charge in [-0.15, -0.1) is 0 Å². The van der Waals surface area contributed by atoms with E-state index in [-0.39, 0.29) is 28.2 Å². The van der Waals surface area contributed by atoms with Gasteiger partial charge < -0.3 is 16.0 Å². The van der Waals surface area contributed by atoms with E-state index in [4.69, 9.17) is 11.6 Å². The third-order valence-electron chi connectivity index (χ3n) is 3.55. The average Bonchev–Trinajstić information content (AvgIpc) is 3.26. The Balaban J connectivity index is 0.00000168. The lowest BCUT2D eigenvalue weighted by Crippen LogP contribution is -2.03. The van der Waals surface area contributed by atoms with Gasteiger partial charge in [-0.05, 0) is 18.2 Å². The topological polar surface area (TPSA) is 79.7 Å². The number of benzene rings is 1. The molecule has 0 radical (unpaired) electrons. The highest BCUT2D eigenvalue weighted by atomic mass is 35.5. The second kappa shape index (κ2) is 16.2. The van der Waals surface area contributed by atoms with Crippen molar-refractivity contribution < 1.29 is 8.78 Å². The van der Waals surface area contributed by atoms with Gasteiger partial charge in [-0.1, -0.05) is 66.3 Å². The zero-order valence-corrected chi connectivity index (χ0v) is 21.6. The maximum Gasteiger partial charge on any atom is 0.229 e. The molecule has 2 aromatic heterocycles. The van der Waals surface area contributed by atoms with Crippen LogP contribution in [-0.4, -0.2) is 19.7 Å². The molecule has 7 nitrogen and oxygen atoms in total. The highest BCUT2D eigenvalue weighted by Crippen LogP contribution is 2.28. The number of nitrogens with one attached hydrogen (secondary N) is 3. The van der Waals surface area contributed by atoms with Crippen LogP contribution < -0.4 is 16.0 Å². The molecule has 0 unspecified atom stereocenters. The summed E-state index contributed by atoms with van der Waals surface area (Å²) in [6, 6.07) is 4.07. The highest BCUT2D eigenvalue weighted by Gasteiger charge is 2.11. The van der Waals surface area contributed by atoms with Gasteiger partial charge >= 0.3 is 0 Å². The molecule has 3 rings (SSSR count). The molecule has 0 amide bonds. The third-order valence-corrected chi connectivity index (χ3v) is 3.82. The van der Waals surface area contributed by atoms with Crippen molar-refractivity contribution in [2.45, 2.75) is 41.5 Å². The summed E-state index contributed by atoms with van der Waals surface area (Å²) in [4.78, 5) is 8.33. The number of anilines is 5. The average molecular weight is 494 g/mol. The molecule has 0 aliphatic rings. The van der Waals surface area contributed by atoms with E-state index in [1.54, 1.807) is 24.1 Å². The van der Waals surface area contributed by atoms with E-state index in [1.165, 1.54) is 24.4 Å². The number of aryl methyl sites for hydroxylation is 1. The Morgan fingerprint density at radius 1 is 1.00 bits per heavy atom. The minimum atomic E-state index is -0.719. The lowest BCUT2D eigenvalue weighted by atomic mass is 10.2. The molecule has 10 heteroatoms. The van der Waals surface area contributed by atoms with Crippen LogP contribution in [0.5, 0.6) is 0 Å². The Bertz CT molecular complexity index is 1050.